The van der Waals surface area contributed by atoms with Gasteiger partial charge in [0.05, 0.1) is 16.7 Å². The third kappa shape index (κ3) is 2.18. The molecule has 0 aliphatic heterocycles. The summed E-state index contributed by atoms with van der Waals surface area (Å²) in [5.74, 6) is -0.625. The molecule has 6 heteroatoms. The monoisotopic (exact) mass is 270 g/mol. The molecule has 0 aliphatic rings. The number of hydrogen-bond acceptors (Lipinski definition) is 3. The van der Waals surface area contributed by atoms with Crippen molar-refractivity contribution in [3.63, 3.8) is 0 Å². The van der Waals surface area contributed by atoms with Crippen LogP contribution in [0, 0.1) is 5.82 Å². The fourth-order valence-electron chi connectivity index (χ4n) is 1.88. The van der Waals surface area contributed by atoms with Gasteiger partial charge in [0.15, 0.2) is 0 Å². The summed E-state index contributed by atoms with van der Waals surface area (Å²) in [7, 11) is 0. The zero-order chi connectivity index (χ0) is 14.1. The molecule has 1 aromatic heterocycles. The molecule has 0 saturated heterocycles. The Labute approximate surface area is 113 Å². The third-order valence-electron chi connectivity index (χ3n) is 2.88. The second kappa shape index (κ2) is 4.65. The molecule has 100 valence electrons. The van der Waals surface area contributed by atoms with Crippen LogP contribution in [0.1, 0.15) is 10.4 Å². The molecule has 0 saturated carbocycles. The van der Waals surface area contributed by atoms with E-state index >= 15 is 0 Å². The Morgan fingerprint density at radius 3 is 2.80 bits per heavy atom. The van der Waals surface area contributed by atoms with Gasteiger partial charge in [-0.1, -0.05) is 12.1 Å². The number of para-hydroxylation sites is 2. The number of aromatic amines is 1. The third-order valence-corrected chi connectivity index (χ3v) is 2.88. The number of hydrogen-bond donors (Lipinski definition) is 3. The number of fused-ring (bicyclic) bond motifs is 1. The van der Waals surface area contributed by atoms with Crippen LogP contribution in [0.5, 0.6) is 0 Å². The summed E-state index contributed by atoms with van der Waals surface area (Å²) in [5, 5.41) is 2.61. The first kappa shape index (κ1) is 12.2. The molecule has 3 aromatic rings. The summed E-state index contributed by atoms with van der Waals surface area (Å²) in [6.07, 6.45) is 0. The van der Waals surface area contributed by atoms with Crippen molar-refractivity contribution in [1.82, 2.24) is 9.97 Å². The molecule has 0 aliphatic carbocycles. The number of carbonyl (C=O) groups is 1. The van der Waals surface area contributed by atoms with Crippen molar-refractivity contribution in [1.29, 1.82) is 0 Å². The SMILES string of the molecule is Nc1cc(C(=O)Nc2nc3ccccc3[nH]2)ccc1F. The molecule has 1 amide bonds. The maximum atomic E-state index is 13.1. The van der Waals surface area contributed by atoms with E-state index in [-0.39, 0.29) is 11.3 Å². The number of nitrogens with zero attached hydrogens (tertiary/aromatic N) is 1. The predicted molar refractivity (Wildman–Crippen MR) is 74.9 cm³/mol. The van der Waals surface area contributed by atoms with E-state index in [2.05, 4.69) is 15.3 Å². The van der Waals surface area contributed by atoms with Gasteiger partial charge in [0.25, 0.3) is 5.91 Å². The first-order valence-corrected chi connectivity index (χ1v) is 5.94. The number of imidazole rings is 1. The van der Waals surface area contributed by atoms with E-state index in [1.807, 2.05) is 24.3 Å². The molecular formula is C14H11FN4O. The normalized spacial score (nSPS) is 10.7. The number of anilines is 2. The Morgan fingerprint density at radius 1 is 1.25 bits per heavy atom. The summed E-state index contributed by atoms with van der Waals surface area (Å²) >= 11 is 0. The van der Waals surface area contributed by atoms with Crippen molar-refractivity contribution in [3.05, 3.63) is 53.8 Å². The number of benzene rings is 2. The lowest BCUT2D eigenvalue weighted by atomic mass is 10.2. The summed E-state index contributed by atoms with van der Waals surface area (Å²) in [4.78, 5) is 19.2. The standard InChI is InChI=1S/C14H11FN4O/c15-9-6-5-8(7-10(9)16)13(20)19-14-17-11-3-1-2-4-12(11)18-14/h1-7H,16H2,(H2,17,18,19,20). The van der Waals surface area contributed by atoms with E-state index in [1.54, 1.807) is 0 Å². The smallest absolute Gasteiger partial charge is 0.258 e. The van der Waals surface area contributed by atoms with Gasteiger partial charge in [0.1, 0.15) is 5.82 Å². The Morgan fingerprint density at radius 2 is 2.05 bits per heavy atom. The number of nitrogens with two attached hydrogens (primary N) is 1. The van der Waals surface area contributed by atoms with Crippen molar-refractivity contribution >= 4 is 28.6 Å². The Hall–Kier alpha value is -2.89. The van der Waals surface area contributed by atoms with E-state index in [0.29, 0.717) is 5.95 Å². The van der Waals surface area contributed by atoms with Crippen LogP contribution in [0.2, 0.25) is 0 Å². The van der Waals surface area contributed by atoms with Gasteiger partial charge in [-0.05, 0) is 30.3 Å². The van der Waals surface area contributed by atoms with Crippen LogP contribution in [-0.4, -0.2) is 15.9 Å². The highest BCUT2D eigenvalue weighted by atomic mass is 19.1. The second-order valence-corrected chi connectivity index (χ2v) is 4.29. The van der Waals surface area contributed by atoms with Gasteiger partial charge in [-0.15, -0.1) is 0 Å². The molecule has 0 fully saturated rings. The van der Waals surface area contributed by atoms with E-state index < -0.39 is 11.7 Å². The van der Waals surface area contributed by atoms with Gasteiger partial charge in [0.2, 0.25) is 5.95 Å². The van der Waals surface area contributed by atoms with Crippen LogP contribution in [0.15, 0.2) is 42.5 Å². The molecule has 20 heavy (non-hydrogen) atoms. The molecule has 1 heterocycles. The van der Waals surface area contributed by atoms with Crippen LogP contribution in [-0.2, 0) is 0 Å². The number of H-pyrrole nitrogens is 1. The van der Waals surface area contributed by atoms with Crippen LogP contribution in [0.4, 0.5) is 16.0 Å². The summed E-state index contributed by atoms with van der Waals surface area (Å²) in [6.45, 7) is 0. The van der Waals surface area contributed by atoms with Gasteiger partial charge in [-0.25, -0.2) is 9.37 Å². The topological polar surface area (TPSA) is 83.8 Å². The molecule has 0 unspecified atom stereocenters. The van der Waals surface area contributed by atoms with E-state index in [4.69, 9.17) is 5.73 Å². The van der Waals surface area contributed by atoms with Gasteiger partial charge >= 0.3 is 0 Å². The van der Waals surface area contributed by atoms with Gasteiger partial charge < -0.3 is 10.7 Å². The molecule has 3 rings (SSSR count). The van der Waals surface area contributed by atoms with Gasteiger partial charge in [0, 0.05) is 5.56 Å². The van der Waals surface area contributed by atoms with Crippen molar-refractivity contribution in [2.24, 2.45) is 0 Å². The molecule has 0 radical (unpaired) electrons. The molecule has 0 spiro atoms. The minimum Gasteiger partial charge on any atom is -0.396 e. The lowest BCUT2D eigenvalue weighted by Gasteiger charge is -2.03. The summed E-state index contributed by atoms with van der Waals surface area (Å²) < 4.78 is 13.1. The zero-order valence-corrected chi connectivity index (χ0v) is 10.4. The van der Waals surface area contributed by atoms with Crippen LogP contribution >= 0.6 is 0 Å². The largest absolute Gasteiger partial charge is 0.396 e. The first-order chi connectivity index (χ1) is 9.63. The second-order valence-electron chi connectivity index (χ2n) is 4.29. The molecule has 0 atom stereocenters. The molecule has 0 bridgehead atoms. The molecular weight excluding hydrogens is 259 g/mol. The Balaban J connectivity index is 1.86. The number of halogens is 1. The maximum absolute atomic E-state index is 13.1. The van der Waals surface area contributed by atoms with Crippen molar-refractivity contribution < 1.29 is 9.18 Å². The minimum atomic E-state index is -0.551. The van der Waals surface area contributed by atoms with Crippen molar-refractivity contribution in [2.45, 2.75) is 0 Å². The number of nitrogens with one attached hydrogen (secondary N) is 2. The quantitative estimate of drug-likeness (QED) is 0.626. The minimum absolute atomic E-state index is 0.0674. The number of carbonyl (C=O) groups excluding carboxylic acids is 1. The average molecular weight is 270 g/mol. The lowest BCUT2D eigenvalue weighted by Crippen LogP contribution is -2.13. The van der Waals surface area contributed by atoms with Gasteiger partial charge in [-0.3, -0.25) is 10.1 Å². The summed E-state index contributed by atoms with van der Waals surface area (Å²) in [6, 6.07) is 11.2. The number of nitrogen functional groups attached to an aromatic ring is 1. The number of amides is 1. The first-order valence-electron chi connectivity index (χ1n) is 5.94. The molecule has 4 N–H and O–H groups in total. The zero-order valence-electron chi connectivity index (χ0n) is 10.4. The van der Waals surface area contributed by atoms with Crippen LogP contribution in [0.3, 0.4) is 0 Å². The Kier molecular flexibility index (Phi) is 2.83. The maximum Gasteiger partial charge on any atom is 0.258 e. The van der Waals surface area contributed by atoms with Crippen molar-refractivity contribution in [3.8, 4) is 0 Å². The highest BCUT2D eigenvalue weighted by molar-refractivity contribution is 6.04. The van der Waals surface area contributed by atoms with Crippen molar-refractivity contribution in [2.75, 3.05) is 11.1 Å². The molecule has 5 nitrogen and oxygen atoms in total. The Bertz CT molecular complexity index is 764. The highest BCUT2D eigenvalue weighted by Crippen LogP contribution is 2.16. The average Bonchev–Trinajstić information content (AvgIpc) is 2.83. The van der Waals surface area contributed by atoms with E-state index in [0.717, 1.165) is 17.1 Å². The van der Waals surface area contributed by atoms with E-state index in [1.165, 1.54) is 12.1 Å². The predicted octanol–water partition coefficient (Wildman–Crippen LogP) is 2.54. The highest BCUT2D eigenvalue weighted by Gasteiger charge is 2.10. The van der Waals surface area contributed by atoms with E-state index in [9.17, 15) is 9.18 Å². The molecule has 2 aromatic carbocycles. The number of aromatic nitrogens is 2. The fraction of sp³-hybridized carbons (Fsp3) is 0. The fourth-order valence-corrected chi connectivity index (χ4v) is 1.88. The summed E-state index contributed by atoms with van der Waals surface area (Å²) in [5.41, 5.74) is 7.21. The van der Waals surface area contributed by atoms with Crippen LogP contribution < -0.4 is 11.1 Å². The number of rotatable bonds is 2. The van der Waals surface area contributed by atoms with Crippen LogP contribution in [0.25, 0.3) is 11.0 Å². The van der Waals surface area contributed by atoms with Gasteiger partial charge in [-0.2, -0.15) is 0 Å². The lowest BCUT2D eigenvalue weighted by molar-refractivity contribution is 0.102.